The number of aromatic nitrogens is 1. The first-order valence-electron chi connectivity index (χ1n) is 6.04. The van der Waals surface area contributed by atoms with Gasteiger partial charge in [0.1, 0.15) is 10.8 Å². The van der Waals surface area contributed by atoms with Crippen molar-refractivity contribution >= 4 is 11.6 Å². The molecule has 0 saturated carbocycles. The van der Waals surface area contributed by atoms with Gasteiger partial charge in [-0.2, -0.15) is 13.2 Å². The van der Waals surface area contributed by atoms with Crippen molar-refractivity contribution in [2.45, 2.75) is 37.6 Å². The average molecular weight is 295 g/mol. The summed E-state index contributed by atoms with van der Waals surface area (Å²) < 4.78 is 37.4. The van der Waals surface area contributed by atoms with Gasteiger partial charge in [0.25, 0.3) is 0 Å². The predicted octanol–water partition coefficient (Wildman–Crippen LogP) is 2.93. The minimum absolute atomic E-state index is 0.190. The average Bonchev–Trinajstić information content (AvgIpc) is 2.38. The Balaban J connectivity index is 2.20. The van der Waals surface area contributed by atoms with Crippen LogP contribution in [-0.4, -0.2) is 22.7 Å². The van der Waals surface area contributed by atoms with Crippen LogP contribution in [0, 0.1) is 0 Å². The Kier molecular flexibility index (Phi) is 4.32. The smallest absolute Gasteiger partial charge is 0.387 e. The van der Waals surface area contributed by atoms with E-state index in [0.717, 1.165) is 31.9 Å². The molecule has 3 nitrogen and oxygen atoms in total. The molecule has 0 aromatic carbocycles. The van der Waals surface area contributed by atoms with E-state index in [2.05, 4.69) is 10.3 Å². The Morgan fingerprint density at radius 3 is 2.63 bits per heavy atom. The van der Waals surface area contributed by atoms with E-state index < -0.39 is 18.0 Å². The zero-order valence-corrected chi connectivity index (χ0v) is 10.8. The summed E-state index contributed by atoms with van der Waals surface area (Å²) in [6, 6.07) is 1.84. The van der Waals surface area contributed by atoms with Crippen molar-refractivity contribution in [1.29, 1.82) is 0 Å². The van der Waals surface area contributed by atoms with Gasteiger partial charge in [0.2, 0.25) is 0 Å². The molecular weight excluding hydrogens is 281 g/mol. The molecule has 2 heterocycles. The fourth-order valence-electron chi connectivity index (χ4n) is 2.19. The van der Waals surface area contributed by atoms with Crippen molar-refractivity contribution < 1.29 is 18.3 Å². The van der Waals surface area contributed by atoms with E-state index in [1.165, 1.54) is 6.07 Å². The summed E-state index contributed by atoms with van der Waals surface area (Å²) >= 11 is 5.75. The third kappa shape index (κ3) is 3.38. The van der Waals surface area contributed by atoms with Crippen LogP contribution in [0.15, 0.2) is 12.1 Å². The summed E-state index contributed by atoms with van der Waals surface area (Å²) in [4.78, 5) is 3.31. The Morgan fingerprint density at radius 2 is 2.11 bits per heavy atom. The molecule has 0 radical (unpaired) electrons. The monoisotopic (exact) mass is 294 g/mol. The van der Waals surface area contributed by atoms with E-state index in [0.29, 0.717) is 0 Å². The molecule has 0 bridgehead atoms. The van der Waals surface area contributed by atoms with E-state index in [4.69, 9.17) is 11.6 Å². The van der Waals surface area contributed by atoms with Gasteiger partial charge in [-0.05, 0) is 25.5 Å². The molecular formula is C12H14ClF3N2O. The summed E-state index contributed by atoms with van der Waals surface area (Å²) in [6.07, 6.45) is -2.71. The maximum atomic E-state index is 12.5. The van der Waals surface area contributed by atoms with Gasteiger partial charge in [-0.1, -0.05) is 24.1 Å². The zero-order valence-electron chi connectivity index (χ0n) is 10.0. The molecule has 2 atom stereocenters. The van der Waals surface area contributed by atoms with Gasteiger partial charge in [-0.15, -0.1) is 0 Å². The van der Waals surface area contributed by atoms with Gasteiger partial charge in [0.05, 0.1) is 6.10 Å². The molecule has 7 heteroatoms. The second-order valence-corrected chi connectivity index (χ2v) is 4.93. The number of piperidine rings is 1. The first-order chi connectivity index (χ1) is 8.89. The Bertz CT molecular complexity index is 447. The van der Waals surface area contributed by atoms with Gasteiger partial charge in [-0.25, -0.2) is 4.98 Å². The molecule has 1 aliphatic heterocycles. The third-order valence-corrected chi connectivity index (χ3v) is 3.52. The first kappa shape index (κ1) is 14.6. The molecule has 1 aromatic rings. The van der Waals surface area contributed by atoms with Gasteiger partial charge >= 0.3 is 6.18 Å². The Hall–Kier alpha value is -0.850. The highest BCUT2D eigenvalue weighted by Gasteiger charge is 2.34. The highest BCUT2D eigenvalue weighted by Crippen LogP contribution is 2.32. The molecule has 0 spiro atoms. The molecule has 0 aliphatic carbocycles. The summed E-state index contributed by atoms with van der Waals surface area (Å²) in [5.41, 5.74) is -0.820. The van der Waals surface area contributed by atoms with E-state index in [1.54, 1.807) is 0 Å². The minimum atomic E-state index is -4.53. The Labute approximate surface area is 113 Å². The van der Waals surface area contributed by atoms with Gasteiger partial charge in [-0.3, -0.25) is 0 Å². The molecule has 1 aromatic heterocycles. The van der Waals surface area contributed by atoms with Crippen molar-refractivity contribution in [3.63, 3.8) is 0 Å². The van der Waals surface area contributed by atoms with Gasteiger partial charge in [0, 0.05) is 11.6 Å². The fraction of sp³-hybridized carbons (Fsp3) is 0.583. The molecule has 2 N–H and O–H groups in total. The van der Waals surface area contributed by atoms with Crippen LogP contribution < -0.4 is 5.32 Å². The van der Waals surface area contributed by atoms with Crippen molar-refractivity contribution in [3.8, 4) is 0 Å². The van der Waals surface area contributed by atoms with Crippen LogP contribution in [0.3, 0.4) is 0 Å². The SMILES string of the molecule is OC(c1ccc(C(F)(F)F)nc1Cl)C1CCCCN1. The maximum Gasteiger partial charge on any atom is 0.433 e. The minimum Gasteiger partial charge on any atom is -0.387 e. The van der Waals surface area contributed by atoms with Crippen molar-refractivity contribution in [2.75, 3.05) is 6.54 Å². The zero-order chi connectivity index (χ0) is 14.0. The number of nitrogens with one attached hydrogen (secondary N) is 1. The molecule has 2 rings (SSSR count). The van der Waals surface area contributed by atoms with Crippen LogP contribution >= 0.6 is 11.6 Å². The van der Waals surface area contributed by atoms with Crippen LogP contribution in [-0.2, 0) is 6.18 Å². The Morgan fingerprint density at radius 1 is 1.37 bits per heavy atom. The van der Waals surface area contributed by atoms with Gasteiger partial charge < -0.3 is 10.4 Å². The third-order valence-electron chi connectivity index (χ3n) is 3.22. The number of hydrogen-bond acceptors (Lipinski definition) is 3. The number of alkyl halides is 3. The second-order valence-electron chi connectivity index (χ2n) is 4.58. The topological polar surface area (TPSA) is 45.2 Å². The normalized spacial score (nSPS) is 22.3. The van der Waals surface area contributed by atoms with E-state index in [9.17, 15) is 18.3 Å². The summed E-state index contributed by atoms with van der Waals surface area (Å²) in [5, 5.41) is 13.0. The number of halogens is 4. The molecule has 1 fully saturated rings. The molecule has 106 valence electrons. The number of aliphatic hydroxyl groups excluding tert-OH is 1. The number of nitrogens with zero attached hydrogens (tertiary/aromatic N) is 1. The van der Waals surface area contributed by atoms with Crippen LogP contribution in [0.2, 0.25) is 5.15 Å². The largest absolute Gasteiger partial charge is 0.433 e. The molecule has 1 aliphatic rings. The van der Waals surface area contributed by atoms with Crippen LogP contribution in [0.1, 0.15) is 36.6 Å². The summed E-state index contributed by atoms with van der Waals surface area (Å²) in [6.45, 7) is 0.785. The van der Waals surface area contributed by atoms with Crippen LogP contribution in [0.5, 0.6) is 0 Å². The second kappa shape index (κ2) is 5.64. The van der Waals surface area contributed by atoms with Crippen molar-refractivity contribution in [3.05, 3.63) is 28.5 Å². The fourth-order valence-corrected chi connectivity index (χ4v) is 2.45. The first-order valence-corrected chi connectivity index (χ1v) is 6.42. The summed E-state index contributed by atoms with van der Waals surface area (Å²) in [7, 11) is 0. The molecule has 19 heavy (non-hydrogen) atoms. The lowest BCUT2D eigenvalue weighted by Gasteiger charge is -2.28. The van der Waals surface area contributed by atoms with Crippen molar-refractivity contribution in [1.82, 2.24) is 10.3 Å². The highest BCUT2D eigenvalue weighted by molar-refractivity contribution is 6.30. The lowest BCUT2D eigenvalue weighted by atomic mass is 9.95. The number of aliphatic hydroxyl groups is 1. The lowest BCUT2D eigenvalue weighted by Crippen LogP contribution is -2.39. The lowest BCUT2D eigenvalue weighted by molar-refractivity contribution is -0.141. The predicted molar refractivity (Wildman–Crippen MR) is 64.9 cm³/mol. The quantitative estimate of drug-likeness (QED) is 0.824. The molecule has 2 unspecified atom stereocenters. The van der Waals surface area contributed by atoms with E-state index in [-0.39, 0.29) is 16.8 Å². The van der Waals surface area contributed by atoms with E-state index in [1.807, 2.05) is 0 Å². The standard InChI is InChI=1S/C12H14ClF3N2O/c13-11-7(4-5-9(18-11)12(14,15)16)10(19)8-3-1-2-6-17-8/h4-5,8,10,17,19H,1-3,6H2. The van der Waals surface area contributed by atoms with Crippen molar-refractivity contribution in [2.24, 2.45) is 0 Å². The maximum absolute atomic E-state index is 12.5. The molecule has 0 amide bonds. The highest BCUT2D eigenvalue weighted by atomic mass is 35.5. The van der Waals surface area contributed by atoms with Gasteiger partial charge in [0.15, 0.2) is 0 Å². The van der Waals surface area contributed by atoms with Crippen LogP contribution in [0.25, 0.3) is 0 Å². The number of rotatable bonds is 2. The number of pyridine rings is 1. The van der Waals surface area contributed by atoms with Crippen LogP contribution in [0.4, 0.5) is 13.2 Å². The summed E-state index contributed by atoms with van der Waals surface area (Å²) in [5.74, 6) is 0. The molecule has 1 saturated heterocycles. The number of hydrogen-bond donors (Lipinski definition) is 2. The van der Waals surface area contributed by atoms with E-state index >= 15 is 0 Å².